The predicted octanol–water partition coefficient (Wildman–Crippen LogP) is 3.66. The molecule has 1 unspecified atom stereocenters. The maximum Gasteiger partial charge on any atom is 0.182 e. The van der Waals surface area contributed by atoms with Gasteiger partial charge in [0, 0.05) is 5.56 Å². The van der Waals surface area contributed by atoms with Crippen LogP contribution in [0.4, 0.5) is 0 Å². The number of carbonyl (C=O) groups is 1. The second-order valence-corrected chi connectivity index (χ2v) is 5.83. The Morgan fingerprint density at radius 1 is 1.00 bits per heavy atom. The molecule has 1 aliphatic carbocycles. The van der Waals surface area contributed by atoms with Gasteiger partial charge in [0.2, 0.25) is 0 Å². The monoisotopic (exact) mass is 265 g/mol. The largest absolute Gasteiger partial charge is 0.319 e. The highest BCUT2D eigenvalue weighted by Gasteiger charge is 2.44. The molecule has 2 nitrogen and oxygen atoms in total. The van der Waals surface area contributed by atoms with Gasteiger partial charge in [-0.1, -0.05) is 54.6 Å². The van der Waals surface area contributed by atoms with Crippen LogP contribution >= 0.6 is 0 Å². The highest BCUT2D eigenvalue weighted by atomic mass is 16.1. The standard InChI is InChI=1S/C18H19NO/c1-18(19,16-11-12-16)17(20)15-9-7-14(8-10-15)13-5-3-2-4-6-13/h2-10,16H,11-12,19H2,1H3. The zero-order valence-electron chi connectivity index (χ0n) is 11.7. The molecule has 0 aromatic heterocycles. The van der Waals surface area contributed by atoms with Crippen molar-refractivity contribution in [1.29, 1.82) is 0 Å². The summed E-state index contributed by atoms with van der Waals surface area (Å²) < 4.78 is 0. The van der Waals surface area contributed by atoms with Crippen molar-refractivity contribution in [2.24, 2.45) is 11.7 Å². The smallest absolute Gasteiger partial charge is 0.182 e. The number of hydrogen-bond acceptors (Lipinski definition) is 2. The van der Waals surface area contributed by atoms with Crippen molar-refractivity contribution >= 4 is 5.78 Å². The number of carbonyl (C=O) groups excluding carboxylic acids is 1. The molecule has 2 N–H and O–H groups in total. The molecule has 1 fully saturated rings. The Hall–Kier alpha value is -1.93. The summed E-state index contributed by atoms with van der Waals surface area (Å²) in [5.41, 5.74) is 8.47. The van der Waals surface area contributed by atoms with Crippen molar-refractivity contribution in [3.63, 3.8) is 0 Å². The lowest BCUT2D eigenvalue weighted by Gasteiger charge is -2.22. The van der Waals surface area contributed by atoms with E-state index in [1.165, 1.54) is 0 Å². The first-order valence-corrected chi connectivity index (χ1v) is 7.08. The Morgan fingerprint density at radius 2 is 1.55 bits per heavy atom. The maximum atomic E-state index is 12.5. The SMILES string of the molecule is CC(N)(C(=O)c1ccc(-c2ccccc2)cc1)C1CC1. The van der Waals surface area contributed by atoms with Gasteiger partial charge in [-0.2, -0.15) is 0 Å². The zero-order chi connectivity index (χ0) is 14.2. The van der Waals surface area contributed by atoms with Crippen LogP contribution in [0.1, 0.15) is 30.1 Å². The lowest BCUT2D eigenvalue weighted by Crippen LogP contribution is -2.47. The van der Waals surface area contributed by atoms with Crippen molar-refractivity contribution in [2.75, 3.05) is 0 Å². The third-order valence-corrected chi connectivity index (χ3v) is 4.17. The number of rotatable bonds is 4. The van der Waals surface area contributed by atoms with Gasteiger partial charge in [-0.25, -0.2) is 0 Å². The highest BCUT2D eigenvalue weighted by Crippen LogP contribution is 2.39. The summed E-state index contributed by atoms with van der Waals surface area (Å²) in [7, 11) is 0. The van der Waals surface area contributed by atoms with Gasteiger partial charge in [0.1, 0.15) is 0 Å². The van der Waals surface area contributed by atoms with Crippen molar-refractivity contribution < 1.29 is 4.79 Å². The van der Waals surface area contributed by atoms with Gasteiger partial charge >= 0.3 is 0 Å². The van der Waals surface area contributed by atoms with E-state index in [1.807, 2.05) is 49.4 Å². The average Bonchev–Trinajstić information content (AvgIpc) is 3.33. The van der Waals surface area contributed by atoms with Crippen molar-refractivity contribution in [3.05, 3.63) is 60.2 Å². The number of benzene rings is 2. The number of Topliss-reactive ketones (excluding diaryl/α,β-unsaturated/α-hetero) is 1. The average molecular weight is 265 g/mol. The summed E-state index contributed by atoms with van der Waals surface area (Å²) in [4.78, 5) is 12.5. The van der Waals surface area contributed by atoms with Gasteiger partial charge < -0.3 is 5.73 Å². The number of nitrogens with two attached hydrogens (primary N) is 1. The molecule has 3 rings (SSSR count). The second-order valence-electron chi connectivity index (χ2n) is 5.83. The van der Waals surface area contributed by atoms with Crippen LogP contribution in [0, 0.1) is 5.92 Å². The molecule has 1 saturated carbocycles. The second kappa shape index (κ2) is 4.88. The van der Waals surface area contributed by atoms with Crippen LogP contribution in [-0.4, -0.2) is 11.3 Å². The van der Waals surface area contributed by atoms with E-state index in [-0.39, 0.29) is 5.78 Å². The molecule has 0 heterocycles. The molecule has 2 heteroatoms. The molecule has 2 aromatic rings. The highest BCUT2D eigenvalue weighted by molar-refractivity contribution is 6.03. The van der Waals surface area contributed by atoms with Crippen molar-refractivity contribution in [2.45, 2.75) is 25.3 Å². The molecule has 0 amide bonds. The summed E-state index contributed by atoms with van der Waals surface area (Å²) in [5, 5.41) is 0. The summed E-state index contributed by atoms with van der Waals surface area (Å²) in [6.07, 6.45) is 2.14. The van der Waals surface area contributed by atoms with Crippen LogP contribution in [0.2, 0.25) is 0 Å². The van der Waals surface area contributed by atoms with E-state index in [4.69, 9.17) is 5.73 Å². The Morgan fingerprint density at radius 3 is 2.10 bits per heavy atom. The van der Waals surface area contributed by atoms with E-state index in [0.29, 0.717) is 11.5 Å². The molecular weight excluding hydrogens is 246 g/mol. The third-order valence-electron chi connectivity index (χ3n) is 4.17. The fourth-order valence-electron chi connectivity index (χ4n) is 2.62. The van der Waals surface area contributed by atoms with Gasteiger partial charge in [-0.05, 0) is 36.8 Å². The van der Waals surface area contributed by atoms with Gasteiger partial charge in [0.25, 0.3) is 0 Å². The van der Waals surface area contributed by atoms with Gasteiger partial charge in [-0.3, -0.25) is 4.79 Å². The van der Waals surface area contributed by atoms with E-state index < -0.39 is 5.54 Å². The minimum absolute atomic E-state index is 0.0552. The van der Waals surface area contributed by atoms with Crippen LogP contribution in [-0.2, 0) is 0 Å². The third kappa shape index (κ3) is 2.39. The first-order valence-electron chi connectivity index (χ1n) is 7.08. The number of hydrogen-bond donors (Lipinski definition) is 1. The maximum absolute atomic E-state index is 12.5. The van der Waals surface area contributed by atoms with E-state index >= 15 is 0 Å². The summed E-state index contributed by atoms with van der Waals surface area (Å²) >= 11 is 0. The van der Waals surface area contributed by atoms with Crippen molar-refractivity contribution in [1.82, 2.24) is 0 Å². The molecule has 1 aliphatic rings. The number of ketones is 1. The summed E-state index contributed by atoms with van der Waals surface area (Å²) in [6, 6.07) is 17.9. The molecule has 0 spiro atoms. The fraction of sp³-hybridized carbons (Fsp3) is 0.278. The quantitative estimate of drug-likeness (QED) is 0.857. The van der Waals surface area contributed by atoms with E-state index in [1.54, 1.807) is 0 Å². The molecule has 0 bridgehead atoms. The van der Waals surface area contributed by atoms with E-state index in [0.717, 1.165) is 24.0 Å². The molecule has 0 aliphatic heterocycles. The van der Waals surface area contributed by atoms with E-state index in [9.17, 15) is 4.79 Å². The molecule has 1 atom stereocenters. The Balaban J connectivity index is 1.85. The van der Waals surface area contributed by atoms with Crippen molar-refractivity contribution in [3.8, 4) is 11.1 Å². The zero-order valence-corrected chi connectivity index (χ0v) is 11.7. The van der Waals surface area contributed by atoms with Crippen LogP contribution in [0.25, 0.3) is 11.1 Å². The van der Waals surface area contributed by atoms with Gasteiger partial charge in [0.15, 0.2) is 5.78 Å². The van der Waals surface area contributed by atoms with Gasteiger partial charge in [0.05, 0.1) is 5.54 Å². The van der Waals surface area contributed by atoms with Gasteiger partial charge in [-0.15, -0.1) is 0 Å². The fourth-order valence-corrected chi connectivity index (χ4v) is 2.62. The minimum Gasteiger partial charge on any atom is -0.319 e. The Kier molecular flexibility index (Phi) is 3.19. The molecule has 2 aromatic carbocycles. The first-order chi connectivity index (χ1) is 9.59. The minimum atomic E-state index is -0.714. The molecule has 102 valence electrons. The lowest BCUT2D eigenvalue weighted by atomic mass is 9.87. The molecule has 0 radical (unpaired) electrons. The summed E-state index contributed by atoms with van der Waals surface area (Å²) in [6.45, 7) is 1.86. The molecule has 20 heavy (non-hydrogen) atoms. The topological polar surface area (TPSA) is 43.1 Å². The first kappa shape index (κ1) is 13.1. The van der Waals surface area contributed by atoms with E-state index in [2.05, 4.69) is 12.1 Å². The van der Waals surface area contributed by atoms with Crippen LogP contribution in [0.5, 0.6) is 0 Å². The van der Waals surface area contributed by atoms with Crippen LogP contribution < -0.4 is 5.73 Å². The summed E-state index contributed by atoms with van der Waals surface area (Å²) in [5.74, 6) is 0.406. The normalized spacial score (nSPS) is 17.5. The van der Waals surface area contributed by atoms with Crippen LogP contribution in [0.3, 0.4) is 0 Å². The predicted molar refractivity (Wildman–Crippen MR) is 81.5 cm³/mol. The van der Waals surface area contributed by atoms with Crippen LogP contribution in [0.15, 0.2) is 54.6 Å². The molecular formula is C18H19NO. The lowest BCUT2D eigenvalue weighted by molar-refractivity contribution is 0.0883. The molecule has 0 saturated heterocycles. The Labute approximate surface area is 119 Å². The Bertz CT molecular complexity index is 610.